The first-order valence-electron chi connectivity index (χ1n) is 6.65. The van der Waals surface area contributed by atoms with Crippen LogP contribution in [0, 0.1) is 0 Å². The van der Waals surface area contributed by atoms with Gasteiger partial charge < -0.3 is 5.11 Å². The summed E-state index contributed by atoms with van der Waals surface area (Å²) >= 11 is 0. The zero-order valence-corrected chi connectivity index (χ0v) is 12.2. The summed E-state index contributed by atoms with van der Waals surface area (Å²) in [5, 5.41) is 9.96. The van der Waals surface area contributed by atoms with E-state index in [1.165, 1.54) is 0 Å². The van der Waals surface area contributed by atoms with Crippen molar-refractivity contribution in [1.82, 2.24) is 4.90 Å². The lowest BCUT2D eigenvalue weighted by Crippen LogP contribution is -2.35. The van der Waals surface area contributed by atoms with Crippen molar-refractivity contribution in [2.75, 3.05) is 18.6 Å². The molecule has 0 saturated carbocycles. The van der Waals surface area contributed by atoms with E-state index in [9.17, 15) is 13.5 Å². The van der Waals surface area contributed by atoms with Crippen LogP contribution in [0.4, 0.5) is 0 Å². The van der Waals surface area contributed by atoms with Crippen LogP contribution in [0.1, 0.15) is 31.4 Å². The molecule has 1 aromatic rings. The molecule has 106 valence electrons. The van der Waals surface area contributed by atoms with E-state index in [4.69, 9.17) is 0 Å². The number of sulfone groups is 1. The Hall–Kier alpha value is -1.07. The Morgan fingerprint density at radius 1 is 1.42 bits per heavy atom. The molecular weight excluding hydrogens is 262 g/mol. The van der Waals surface area contributed by atoms with Crippen LogP contribution in [0.15, 0.2) is 24.3 Å². The monoisotopic (exact) mass is 283 g/mol. The number of hydrogen-bond donors (Lipinski definition) is 1. The molecule has 1 aromatic carbocycles. The largest absolute Gasteiger partial charge is 0.508 e. The fourth-order valence-corrected chi connectivity index (χ4v) is 4.63. The average Bonchev–Trinajstić information content (AvgIpc) is 2.73. The number of nitrogens with zero attached hydrogens (tertiary/aromatic N) is 1. The zero-order chi connectivity index (χ0) is 14.0. The van der Waals surface area contributed by atoms with Crippen molar-refractivity contribution < 1.29 is 13.5 Å². The molecule has 0 amide bonds. The minimum absolute atomic E-state index is 0.0505. The maximum atomic E-state index is 11.6. The van der Waals surface area contributed by atoms with Gasteiger partial charge in [0.05, 0.1) is 11.5 Å². The molecule has 1 N–H and O–H groups in total. The molecule has 0 radical (unpaired) electrons. The van der Waals surface area contributed by atoms with E-state index in [2.05, 4.69) is 11.8 Å². The summed E-state index contributed by atoms with van der Waals surface area (Å²) in [6.45, 7) is 2.05. The van der Waals surface area contributed by atoms with E-state index >= 15 is 0 Å². The Bertz CT molecular complexity index is 541. The van der Waals surface area contributed by atoms with Gasteiger partial charge in [-0.15, -0.1) is 0 Å². The van der Waals surface area contributed by atoms with E-state index in [1.807, 2.05) is 19.2 Å². The van der Waals surface area contributed by atoms with Crippen LogP contribution in [0.2, 0.25) is 0 Å². The molecule has 2 atom stereocenters. The van der Waals surface area contributed by atoms with Gasteiger partial charge in [-0.05, 0) is 26.0 Å². The highest BCUT2D eigenvalue weighted by Gasteiger charge is 2.34. The highest BCUT2D eigenvalue weighted by atomic mass is 32.2. The third-order valence-corrected chi connectivity index (χ3v) is 5.71. The Balaban J connectivity index is 2.21. The second-order valence-corrected chi connectivity index (χ2v) is 7.43. The van der Waals surface area contributed by atoms with E-state index < -0.39 is 9.84 Å². The molecule has 1 aliphatic heterocycles. The van der Waals surface area contributed by atoms with Gasteiger partial charge in [-0.25, -0.2) is 8.42 Å². The van der Waals surface area contributed by atoms with E-state index in [1.54, 1.807) is 12.1 Å². The van der Waals surface area contributed by atoms with Crippen molar-refractivity contribution in [2.24, 2.45) is 0 Å². The zero-order valence-electron chi connectivity index (χ0n) is 11.4. The molecule has 1 aliphatic rings. The molecule has 1 fully saturated rings. The number of aromatic hydroxyl groups is 1. The minimum atomic E-state index is -2.88. The lowest BCUT2D eigenvalue weighted by atomic mass is 10.00. The summed E-state index contributed by atoms with van der Waals surface area (Å²) in [6, 6.07) is 7.39. The maximum absolute atomic E-state index is 11.6. The molecule has 5 heteroatoms. The van der Waals surface area contributed by atoms with Crippen LogP contribution >= 0.6 is 0 Å². The lowest BCUT2D eigenvalue weighted by Gasteiger charge is -2.32. The van der Waals surface area contributed by atoms with Crippen molar-refractivity contribution in [3.8, 4) is 5.75 Å². The highest BCUT2D eigenvalue weighted by molar-refractivity contribution is 7.91. The molecule has 2 unspecified atom stereocenters. The van der Waals surface area contributed by atoms with Crippen molar-refractivity contribution in [1.29, 1.82) is 0 Å². The predicted molar refractivity (Wildman–Crippen MR) is 76.0 cm³/mol. The van der Waals surface area contributed by atoms with Crippen molar-refractivity contribution in [3.05, 3.63) is 29.8 Å². The number of phenols is 1. The van der Waals surface area contributed by atoms with Gasteiger partial charge in [0.25, 0.3) is 0 Å². The van der Waals surface area contributed by atoms with Crippen LogP contribution in [-0.4, -0.2) is 43.0 Å². The standard InChI is InChI=1S/C14H21NO3S/c1-3-13(12-6-4-5-7-14(12)16)15(2)11-8-9-19(17,18)10-11/h4-7,11,13,16H,3,8-10H2,1-2H3. The molecule has 1 heterocycles. The normalized spacial score (nSPS) is 23.6. The number of para-hydroxylation sites is 1. The molecule has 4 nitrogen and oxygen atoms in total. The van der Waals surface area contributed by atoms with Gasteiger partial charge in [0, 0.05) is 17.6 Å². The number of rotatable bonds is 4. The van der Waals surface area contributed by atoms with Gasteiger partial charge in [0.1, 0.15) is 5.75 Å². The van der Waals surface area contributed by atoms with E-state index in [0.717, 1.165) is 12.0 Å². The third-order valence-electron chi connectivity index (χ3n) is 3.96. The van der Waals surface area contributed by atoms with Crippen LogP contribution in [0.25, 0.3) is 0 Å². The molecule has 0 aromatic heterocycles. The summed E-state index contributed by atoms with van der Waals surface area (Å²) in [7, 11) is -0.928. The molecule has 2 rings (SSSR count). The van der Waals surface area contributed by atoms with Gasteiger partial charge in [-0.3, -0.25) is 4.90 Å². The predicted octanol–water partition coefficient (Wildman–Crippen LogP) is 1.96. The first kappa shape index (κ1) is 14.3. The minimum Gasteiger partial charge on any atom is -0.508 e. The Morgan fingerprint density at radius 3 is 2.63 bits per heavy atom. The van der Waals surface area contributed by atoms with Crippen molar-refractivity contribution in [2.45, 2.75) is 31.8 Å². The molecule has 1 saturated heterocycles. The molecule has 0 aliphatic carbocycles. The Morgan fingerprint density at radius 2 is 2.11 bits per heavy atom. The molecule has 0 bridgehead atoms. The highest BCUT2D eigenvalue weighted by Crippen LogP contribution is 2.33. The quantitative estimate of drug-likeness (QED) is 0.918. The SMILES string of the molecule is CCC(c1ccccc1O)N(C)C1CCS(=O)(=O)C1. The van der Waals surface area contributed by atoms with Gasteiger partial charge in [-0.1, -0.05) is 25.1 Å². The summed E-state index contributed by atoms with van der Waals surface area (Å²) in [5.41, 5.74) is 0.872. The molecule has 0 spiro atoms. The van der Waals surface area contributed by atoms with Gasteiger partial charge in [-0.2, -0.15) is 0 Å². The first-order chi connectivity index (χ1) is 8.94. The molecular formula is C14H21NO3S. The van der Waals surface area contributed by atoms with Crippen molar-refractivity contribution >= 4 is 9.84 Å². The number of benzene rings is 1. The maximum Gasteiger partial charge on any atom is 0.151 e. The van der Waals surface area contributed by atoms with Gasteiger partial charge >= 0.3 is 0 Å². The average molecular weight is 283 g/mol. The fourth-order valence-electron chi connectivity index (χ4n) is 2.85. The smallest absolute Gasteiger partial charge is 0.151 e. The second kappa shape index (κ2) is 5.51. The summed E-state index contributed by atoms with van der Waals surface area (Å²) in [4.78, 5) is 2.10. The summed E-state index contributed by atoms with van der Waals surface area (Å²) in [6.07, 6.45) is 1.52. The van der Waals surface area contributed by atoms with Gasteiger partial charge in [0.15, 0.2) is 9.84 Å². The van der Waals surface area contributed by atoms with Crippen LogP contribution in [-0.2, 0) is 9.84 Å². The second-order valence-electron chi connectivity index (χ2n) is 5.21. The topological polar surface area (TPSA) is 57.6 Å². The van der Waals surface area contributed by atoms with Crippen LogP contribution < -0.4 is 0 Å². The third kappa shape index (κ3) is 3.09. The number of phenolic OH excluding ortho intramolecular Hbond substituents is 1. The van der Waals surface area contributed by atoms with Crippen molar-refractivity contribution in [3.63, 3.8) is 0 Å². The van der Waals surface area contributed by atoms with Crippen LogP contribution in [0.5, 0.6) is 5.75 Å². The number of hydrogen-bond acceptors (Lipinski definition) is 4. The summed E-state index contributed by atoms with van der Waals surface area (Å²) < 4.78 is 23.2. The Labute approximate surface area is 115 Å². The van der Waals surface area contributed by atoms with E-state index in [-0.39, 0.29) is 29.3 Å². The lowest BCUT2D eigenvalue weighted by molar-refractivity contribution is 0.180. The first-order valence-corrected chi connectivity index (χ1v) is 8.47. The van der Waals surface area contributed by atoms with Crippen LogP contribution in [0.3, 0.4) is 0 Å². The van der Waals surface area contributed by atoms with Gasteiger partial charge in [0.2, 0.25) is 0 Å². The Kier molecular flexibility index (Phi) is 4.16. The molecule has 19 heavy (non-hydrogen) atoms. The summed E-state index contributed by atoms with van der Waals surface area (Å²) in [5.74, 6) is 0.786. The van der Waals surface area contributed by atoms with E-state index in [0.29, 0.717) is 6.42 Å². The fraction of sp³-hybridized carbons (Fsp3) is 0.571.